The second-order valence-corrected chi connectivity index (χ2v) is 9.43. The van der Waals surface area contributed by atoms with Gasteiger partial charge >= 0.3 is 0 Å². The van der Waals surface area contributed by atoms with Gasteiger partial charge in [-0.2, -0.15) is 0 Å². The van der Waals surface area contributed by atoms with Crippen molar-refractivity contribution in [2.24, 2.45) is 0 Å². The third-order valence-electron chi connectivity index (χ3n) is 4.87. The van der Waals surface area contributed by atoms with Crippen molar-refractivity contribution >= 4 is 27.3 Å². The normalized spacial score (nSPS) is 18.5. The lowest BCUT2D eigenvalue weighted by Gasteiger charge is -2.31. The number of amides is 2. The number of benzene rings is 2. The maximum absolute atomic E-state index is 13.8. The monoisotopic (exact) mass is 404 g/mol. The fraction of sp³-hybridized carbons (Fsp3) is 0.300. The quantitative estimate of drug-likeness (QED) is 0.853. The summed E-state index contributed by atoms with van der Waals surface area (Å²) in [5, 5.41) is 2.03. The number of anilines is 1. The molecule has 148 valence electrons. The summed E-state index contributed by atoms with van der Waals surface area (Å²) in [6, 6.07) is 10.5. The number of nitrogens with zero attached hydrogens (tertiary/aromatic N) is 1. The van der Waals surface area contributed by atoms with Gasteiger partial charge in [-0.05, 0) is 43.7 Å². The Morgan fingerprint density at radius 2 is 1.89 bits per heavy atom. The first-order valence-electron chi connectivity index (χ1n) is 8.86. The maximum Gasteiger partial charge on any atom is 0.258 e. The molecule has 1 atom stereocenters. The molecular formula is C20H21FN2O4S. The highest BCUT2D eigenvalue weighted by Crippen LogP contribution is 2.21. The van der Waals surface area contributed by atoms with Gasteiger partial charge in [0.15, 0.2) is 9.84 Å². The Morgan fingerprint density at radius 1 is 1.18 bits per heavy atom. The minimum atomic E-state index is -3.16. The van der Waals surface area contributed by atoms with E-state index in [1.54, 1.807) is 32.0 Å². The molecule has 2 aromatic carbocycles. The van der Waals surface area contributed by atoms with Gasteiger partial charge in [-0.1, -0.05) is 18.2 Å². The lowest BCUT2D eigenvalue weighted by Crippen LogP contribution is -2.48. The smallest absolute Gasteiger partial charge is 0.258 e. The Balaban J connectivity index is 1.81. The van der Waals surface area contributed by atoms with Gasteiger partial charge in [0, 0.05) is 24.3 Å². The van der Waals surface area contributed by atoms with E-state index in [2.05, 4.69) is 5.32 Å². The van der Waals surface area contributed by atoms with Crippen molar-refractivity contribution in [2.45, 2.75) is 19.1 Å². The van der Waals surface area contributed by atoms with E-state index < -0.39 is 26.8 Å². The molecule has 1 aliphatic rings. The van der Waals surface area contributed by atoms with Gasteiger partial charge in [0.05, 0.1) is 16.6 Å². The van der Waals surface area contributed by atoms with Crippen molar-refractivity contribution < 1.29 is 22.4 Å². The van der Waals surface area contributed by atoms with E-state index in [0.717, 1.165) is 5.56 Å². The Labute approximate surface area is 163 Å². The number of rotatable bonds is 3. The molecule has 3 rings (SSSR count). The van der Waals surface area contributed by atoms with Crippen LogP contribution in [-0.2, 0) is 9.84 Å². The van der Waals surface area contributed by atoms with Crippen LogP contribution in [0.1, 0.15) is 33.2 Å². The average Bonchev–Trinajstić information content (AvgIpc) is 2.65. The third-order valence-corrected chi connectivity index (χ3v) is 7.00. The van der Waals surface area contributed by atoms with Crippen LogP contribution in [0.15, 0.2) is 42.5 Å². The molecular weight excluding hydrogens is 383 g/mol. The molecule has 1 saturated heterocycles. The summed E-state index contributed by atoms with van der Waals surface area (Å²) in [5.74, 6) is -1.61. The zero-order chi connectivity index (χ0) is 20.5. The first kappa shape index (κ1) is 20.0. The van der Waals surface area contributed by atoms with E-state index in [1.165, 1.54) is 29.2 Å². The number of sulfone groups is 1. The van der Waals surface area contributed by atoms with E-state index in [9.17, 15) is 22.4 Å². The second kappa shape index (κ2) is 7.71. The van der Waals surface area contributed by atoms with Crippen LogP contribution in [0, 0.1) is 12.7 Å². The first-order chi connectivity index (χ1) is 13.2. The predicted octanol–water partition coefficient (Wildman–Crippen LogP) is 2.65. The summed E-state index contributed by atoms with van der Waals surface area (Å²) >= 11 is 0. The summed E-state index contributed by atoms with van der Waals surface area (Å²) in [5.41, 5.74) is 1.36. The topological polar surface area (TPSA) is 83.6 Å². The zero-order valence-corrected chi connectivity index (χ0v) is 16.4. The van der Waals surface area contributed by atoms with Gasteiger partial charge in [0.25, 0.3) is 11.8 Å². The molecule has 0 radical (unpaired) electrons. The molecule has 2 aromatic rings. The molecule has 0 spiro atoms. The minimum absolute atomic E-state index is 0.0668. The van der Waals surface area contributed by atoms with Crippen molar-refractivity contribution in [1.82, 2.24) is 4.90 Å². The predicted molar refractivity (Wildman–Crippen MR) is 105 cm³/mol. The zero-order valence-electron chi connectivity index (χ0n) is 15.6. The van der Waals surface area contributed by atoms with Crippen LogP contribution in [0.25, 0.3) is 0 Å². The average molecular weight is 404 g/mol. The number of halogens is 1. The van der Waals surface area contributed by atoms with Gasteiger partial charge in [0.1, 0.15) is 5.82 Å². The molecule has 0 unspecified atom stereocenters. The van der Waals surface area contributed by atoms with Crippen molar-refractivity contribution in [3.05, 3.63) is 65.0 Å². The number of carbonyl (C=O) groups is 2. The largest absolute Gasteiger partial charge is 0.336 e. The molecule has 0 saturated carbocycles. The Bertz CT molecular complexity index is 1040. The van der Waals surface area contributed by atoms with Gasteiger partial charge in [-0.25, -0.2) is 12.8 Å². The molecule has 0 aliphatic carbocycles. The van der Waals surface area contributed by atoms with E-state index in [-0.39, 0.29) is 30.3 Å². The Hall–Kier alpha value is -2.74. The Kier molecular flexibility index (Phi) is 5.51. The van der Waals surface area contributed by atoms with Crippen molar-refractivity contribution in [3.8, 4) is 0 Å². The van der Waals surface area contributed by atoms with Gasteiger partial charge in [-0.3, -0.25) is 9.59 Å². The highest BCUT2D eigenvalue weighted by molar-refractivity contribution is 7.92. The molecule has 1 aliphatic heterocycles. The summed E-state index contributed by atoms with van der Waals surface area (Å²) < 4.78 is 37.5. The lowest BCUT2D eigenvalue weighted by molar-refractivity contribution is 0.0760. The van der Waals surface area contributed by atoms with E-state index >= 15 is 0 Å². The minimum Gasteiger partial charge on any atom is -0.336 e. The van der Waals surface area contributed by atoms with Crippen LogP contribution in [0.5, 0.6) is 0 Å². The number of aryl methyl sites for hydroxylation is 1. The number of carbonyl (C=O) groups excluding carboxylic acids is 2. The van der Waals surface area contributed by atoms with Crippen molar-refractivity contribution in [3.63, 3.8) is 0 Å². The van der Waals surface area contributed by atoms with Crippen molar-refractivity contribution in [1.29, 1.82) is 0 Å². The Morgan fingerprint density at radius 3 is 2.57 bits per heavy atom. The summed E-state index contributed by atoms with van der Waals surface area (Å²) in [6.45, 7) is 3.62. The summed E-state index contributed by atoms with van der Waals surface area (Å²) in [6.07, 6.45) is 0. The fourth-order valence-electron chi connectivity index (χ4n) is 3.05. The molecule has 6 nitrogen and oxygen atoms in total. The molecule has 0 aromatic heterocycles. The molecule has 2 amide bonds. The van der Waals surface area contributed by atoms with E-state index in [4.69, 9.17) is 0 Å². The van der Waals surface area contributed by atoms with Crippen LogP contribution >= 0.6 is 0 Å². The third kappa shape index (κ3) is 4.06. The van der Waals surface area contributed by atoms with Crippen LogP contribution < -0.4 is 5.32 Å². The molecule has 1 fully saturated rings. The molecule has 28 heavy (non-hydrogen) atoms. The summed E-state index contributed by atoms with van der Waals surface area (Å²) in [7, 11) is -3.16. The second-order valence-electron chi connectivity index (χ2n) is 6.89. The first-order valence-corrected chi connectivity index (χ1v) is 10.6. The lowest BCUT2D eigenvalue weighted by atomic mass is 10.1. The van der Waals surface area contributed by atoms with Crippen LogP contribution in [0.4, 0.5) is 10.1 Å². The van der Waals surface area contributed by atoms with E-state index in [1.807, 2.05) is 0 Å². The molecule has 0 bridgehead atoms. The highest BCUT2D eigenvalue weighted by atomic mass is 32.2. The van der Waals surface area contributed by atoms with Gasteiger partial charge in [-0.15, -0.1) is 0 Å². The van der Waals surface area contributed by atoms with Crippen LogP contribution in [0.3, 0.4) is 0 Å². The molecule has 1 heterocycles. The highest BCUT2D eigenvalue weighted by Gasteiger charge is 2.32. The van der Waals surface area contributed by atoms with Gasteiger partial charge in [0.2, 0.25) is 0 Å². The molecule has 8 heteroatoms. The molecule has 1 N–H and O–H groups in total. The van der Waals surface area contributed by atoms with Gasteiger partial charge < -0.3 is 10.2 Å². The SMILES string of the molecule is Cc1ccc(C(=O)N2CCS(=O)(=O)[C@@H](C)C2)cc1NC(=O)c1ccccc1F. The number of hydrogen-bond donors (Lipinski definition) is 1. The number of hydrogen-bond acceptors (Lipinski definition) is 4. The van der Waals surface area contributed by atoms with E-state index in [0.29, 0.717) is 11.3 Å². The fourth-order valence-corrected chi connectivity index (χ4v) is 4.33. The van der Waals surface area contributed by atoms with Crippen molar-refractivity contribution in [2.75, 3.05) is 24.2 Å². The van der Waals surface area contributed by atoms with Crippen LogP contribution in [-0.4, -0.2) is 49.2 Å². The van der Waals surface area contributed by atoms with Crippen LogP contribution in [0.2, 0.25) is 0 Å². The number of nitrogens with one attached hydrogen (secondary N) is 1. The maximum atomic E-state index is 13.8. The summed E-state index contributed by atoms with van der Waals surface area (Å²) in [4.78, 5) is 26.7. The standard InChI is InChI=1S/C20H21FN2O4S/c1-13-7-8-15(20(25)23-9-10-28(26,27)14(2)12-23)11-18(13)22-19(24)16-5-3-4-6-17(16)21/h3-8,11,14H,9-10,12H2,1-2H3,(H,22,24)/t14-/m0/s1.